The molecule has 108 valence electrons. The first kappa shape index (κ1) is 14.7. The van der Waals surface area contributed by atoms with E-state index in [2.05, 4.69) is 26.7 Å². The van der Waals surface area contributed by atoms with Gasteiger partial charge in [0.05, 0.1) is 7.11 Å². The van der Waals surface area contributed by atoms with E-state index < -0.39 is 0 Å². The van der Waals surface area contributed by atoms with Crippen molar-refractivity contribution in [1.82, 2.24) is 15.3 Å². The van der Waals surface area contributed by atoms with Crippen LogP contribution in [0.4, 0.5) is 5.82 Å². The molecule has 1 aliphatic carbocycles. The molecule has 0 spiro atoms. The molecule has 0 aliphatic heterocycles. The van der Waals surface area contributed by atoms with Gasteiger partial charge in [0.25, 0.3) is 0 Å². The summed E-state index contributed by atoms with van der Waals surface area (Å²) < 4.78 is 5.03. The number of hydrogen-bond donors (Lipinski definition) is 2. The van der Waals surface area contributed by atoms with Crippen LogP contribution >= 0.6 is 12.2 Å². The molecule has 5 nitrogen and oxygen atoms in total. The van der Waals surface area contributed by atoms with Gasteiger partial charge in [-0.25, -0.2) is 9.97 Å². The van der Waals surface area contributed by atoms with Crippen molar-refractivity contribution in [2.75, 3.05) is 19.0 Å². The molecular formula is C14H20N4OS. The van der Waals surface area contributed by atoms with Crippen molar-refractivity contribution in [2.45, 2.75) is 32.1 Å². The second-order valence-corrected chi connectivity index (χ2v) is 5.09. The molecule has 1 aromatic rings. The number of ether oxygens (including phenoxy) is 1. The maximum atomic E-state index is 5.24. The lowest BCUT2D eigenvalue weighted by molar-refractivity contribution is 0.397. The molecule has 0 unspecified atom stereocenters. The van der Waals surface area contributed by atoms with Crippen molar-refractivity contribution >= 4 is 23.1 Å². The summed E-state index contributed by atoms with van der Waals surface area (Å²) in [4.78, 5) is 8.03. The molecule has 0 radical (unpaired) electrons. The molecule has 2 rings (SSSR count). The van der Waals surface area contributed by atoms with E-state index in [0.29, 0.717) is 16.8 Å². The standard InChI is InChI=1S/C14H20N4OS/c1-19-13-9-12(16-10-17-13)18-14(20)15-8-7-11-5-3-2-4-6-11/h5,9-10H,2-4,6-8H2,1H3,(H2,15,16,17,18,20). The minimum absolute atomic E-state index is 0.512. The van der Waals surface area contributed by atoms with E-state index >= 15 is 0 Å². The summed E-state index contributed by atoms with van der Waals surface area (Å²) in [5.74, 6) is 1.14. The molecule has 20 heavy (non-hydrogen) atoms. The molecule has 0 saturated heterocycles. The quantitative estimate of drug-likeness (QED) is 0.643. The molecule has 0 aromatic carbocycles. The van der Waals surface area contributed by atoms with Crippen molar-refractivity contribution in [3.63, 3.8) is 0 Å². The summed E-state index contributed by atoms with van der Waals surface area (Å²) in [6.45, 7) is 0.847. The van der Waals surface area contributed by atoms with Gasteiger partial charge in [0.2, 0.25) is 5.88 Å². The zero-order valence-electron chi connectivity index (χ0n) is 11.7. The Morgan fingerprint density at radius 2 is 2.30 bits per heavy atom. The lowest BCUT2D eigenvalue weighted by atomic mass is 9.97. The van der Waals surface area contributed by atoms with Crippen LogP contribution in [0.2, 0.25) is 0 Å². The Morgan fingerprint density at radius 3 is 3.05 bits per heavy atom. The summed E-state index contributed by atoms with van der Waals surface area (Å²) in [5, 5.41) is 6.79. The average molecular weight is 292 g/mol. The normalized spacial score (nSPS) is 14.3. The highest BCUT2D eigenvalue weighted by Gasteiger charge is 2.04. The minimum atomic E-state index is 0.512. The Morgan fingerprint density at radius 1 is 1.40 bits per heavy atom. The summed E-state index contributed by atoms with van der Waals surface area (Å²) in [6, 6.07) is 1.71. The van der Waals surface area contributed by atoms with Crippen molar-refractivity contribution in [2.24, 2.45) is 0 Å². The van der Waals surface area contributed by atoms with Gasteiger partial charge in [0.1, 0.15) is 12.1 Å². The van der Waals surface area contributed by atoms with Crippen LogP contribution in [0.25, 0.3) is 0 Å². The van der Waals surface area contributed by atoms with Gasteiger partial charge in [-0.15, -0.1) is 0 Å². The van der Waals surface area contributed by atoms with Crippen LogP contribution in [-0.4, -0.2) is 28.7 Å². The minimum Gasteiger partial charge on any atom is -0.481 e. The van der Waals surface area contributed by atoms with Crippen LogP contribution in [-0.2, 0) is 0 Å². The summed E-state index contributed by atoms with van der Waals surface area (Å²) in [7, 11) is 1.57. The topological polar surface area (TPSA) is 59.1 Å². The first-order valence-corrected chi connectivity index (χ1v) is 7.27. The first-order chi connectivity index (χ1) is 9.78. The van der Waals surface area contributed by atoms with Gasteiger partial charge < -0.3 is 15.4 Å². The van der Waals surface area contributed by atoms with Gasteiger partial charge in [-0.1, -0.05) is 11.6 Å². The fourth-order valence-corrected chi connectivity index (χ4v) is 2.35. The molecular weight excluding hydrogens is 272 g/mol. The number of nitrogens with one attached hydrogen (secondary N) is 2. The third-order valence-corrected chi connectivity index (χ3v) is 3.46. The predicted octanol–water partition coefficient (Wildman–Crippen LogP) is 2.66. The van der Waals surface area contributed by atoms with Gasteiger partial charge >= 0.3 is 0 Å². The monoisotopic (exact) mass is 292 g/mol. The third-order valence-electron chi connectivity index (χ3n) is 3.21. The average Bonchev–Trinajstić information content (AvgIpc) is 2.48. The number of aromatic nitrogens is 2. The molecule has 1 aromatic heterocycles. The number of methoxy groups -OCH3 is 1. The number of nitrogens with zero attached hydrogens (tertiary/aromatic N) is 2. The fraction of sp³-hybridized carbons (Fsp3) is 0.500. The summed E-state index contributed by atoms with van der Waals surface area (Å²) in [5.41, 5.74) is 1.54. The Kier molecular flexibility index (Phi) is 5.73. The third kappa shape index (κ3) is 4.77. The first-order valence-electron chi connectivity index (χ1n) is 6.87. The summed E-state index contributed by atoms with van der Waals surface area (Å²) >= 11 is 5.24. The van der Waals surface area contributed by atoms with E-state index in [0.717, 1.165) is 13.0 Å². The van der Waals surface area contributed by atoms with Crippen molar-refractivity contribution < 1.29 is 4.74 Å². The van der Waals surface area contributed by atoms with Gasteiger partial charge in [-0.2, -0.15) is 0 Å². The molecule has 0 amide bonds. The van der Waals surface area contributed by atoms with E-state index in [1.54, 1.807) is 13.2 Å². The van der Waals surface area contributed by atoms with E-state index in [9.17, 15) is 0 Å². The SMILES string of the molecule is COc1cc(NC(=S)NCCC2=CCCCC2)ncn1. The van der Waals surface area contributed by atoms with Crippen LogP contribution in [0.3, 0.4) is 0 Å². The Hall–Kier alpha value is -1.69. The smallest absolute Gasteiger partial charge is 0.218 e. The van der Waals surface area contributed by atoms with Crippen molar-refractivity contribution in [1.29, 1.82) is 0 Å². The zero-order chi connectivity index (χ0) is 14.2. The van der Waals surface area contributed by atoms with Crippen LogP contribution in [0.5, 0.6) is 5.88 Å². The Balaban J connectivity index is 1.73. The number of rotatable bonds is 5. The maximum Gasteiger partial charge on any atom is 0.218 e. The molecule has 0 saturated carbocycles. The molecule has 1 heterocycles. The van der Waals surface area contributed by atoms with Crippen molar-refractivity contribution in [3.05, 3.63) is 24.0 Å². The number of allylic oxidation sites excluding steroid dienone is 1. The predicted molar refractivity (Wildman–Crippen MR) is 84.0 cm³/mol. The molecule has 2 N–H and O–H groups in total. The number of hydrogen-bond acceptors (Lipinski definition) is 4. The van der Waals surface area contributed by atoms with Crippen LogP contribution in [0.1, 0.15) is 32.1 Å². The molecule has 6 heteroatoms. The van der Waals surface area contributed by atoms with Crippen molar-refractivity contribution in [3.8, 4) is 5.88 Å². The Labute approximate surface area is 124 Å². The Bertz CT molecular complexity index is 490. The largest absolute Gasteiger partial charge is 0.481 e. The fourth-order valence-electron chi connectivity index (χ4n) is 2.15. The lowest BCUT2D eigenvalue weighted by Crippen LogP contribution is -2.29. The highest BCUT2D eigenvalue weighted by Crippen LogP contribution is 2.19. The second-order valence-electron chi connectivity index (χ2n) is 4.68. The maximum absolute atomic E-state index is 5.24. The zero-order valence-corrected chi connectivity index (χ0v) is 12.5. The number of anilines is 1. The van der Waals surface area contributed by atoms with Crippen LogP contribution in [0, 0.1) is 0 Å². The van der Waals surface area contributed by atoms with E-state index in [4.69, 9.17) is 17.0 Å². The molecule has 1 aliphatic rings. The van der Waals surface area contributed by atoms with E-state index in [-0.39, 0.29) is 0 Å². The molecule has 0 bridgehead atoms. The lowest BCUT2D eigenvalue weighted by Gasteiger charge is -2.14. The van der Waals surface area contributed by atoms with Gasteiger partial charge in [-0.3, -0.25) is 0 Å². The van der Waals surface area contributed by atoms with Crippen LogP contribution < -0.4 is 15.4 Å². The van der Waals surface area contributed by atoms with Gasteiger partial charge in [0.15, 0.2) is 5.11 Å². The van der Waals surface area contributed by atoms with Gasteiger partial charge in [-0.05, 0) is 44.3 Å². The molecule has 0 fully saturated rings. The van der Waals surface area contributed by atoms with Crippen LogP contribution in [0.15, 0.2) is 24.0 Å². The summed E-state index contributed by atoms with van der Waals surface area (Å²) in [6.07, 6.45) is 9.94. The van der Waals surface area contributed by atoms with Gasteiger partial charge in [0, 0.05) is 12.6 Å². The van der Waals surface area contributed by atoms with E-state index in [1.807, 2.05) is 0 Å². The second kappa shape index (κ2) is 7.79. The van der Waals surface area contributed by atoms with E-state index in [1.165, 1.54) is 37.6 Å². The number of thiocarbonyl (C=S) groups is 1. The highest BCUT2D eigenvalue weighted by atomic mass is 32.1. The highest BCUT2D eigenvalue weighted by molar-refractivity contribution is 7.80. The molecule has 0 atom stereocenters.